The van der Waals surface area contributed by atoms with E-state index in [1.54, 1.807) is 6.20 Å². The van der Waals surface area contributed by atoms with Crippen LogP contribution in [0.1, 0.15) is 25.5 Å². The Morgan fingerprint density at radius 3 is 2.38 bits per heavy atom. The van der Waals surface area contributed by atoms with Gasteiger partial charge in [0.05, 0.1) is 6.04 Å². The highest BCUT2D eigenvalue weighted by Gasteiger charge is 2.17. The van der Waals surface area contributed by atoms with Crippen LogP contribution in [0.3, 0.4) is 0 Å². The summed E-state index contributed by atoms with van der Waals surface area (Å²) in [4.78, 5) is 0. The topological polar surface area (TPSA) is 17.8 Å². The molecule has 2 nitrogen and oxygen atoms in total. The molecule has 1 unspecified atom stereocenters. The molecule has 1 atom stereocenters. The maximum Gasteiger partial charge on any atom is 0.118 e. The Hall–Kier alpha value is -1.51. The van der Waals surface area contributed by atoms with Crippen molar-refractivity contribution in [2.45, 2.75) is 19.9 Å². The predicted molar refractivity (Wildman–Crippen MR) is 67.0 cm³/mol. The van der Waals surface area contributed by atoms with Gasteiger partial charge in [-0.2, -0.15) is 5.10 Å². The van der Waals surface area contributed by atoms with Crippen LogP contribution in [0.15, 0.2) is 42.7 Å². The molecule has 2 rings (SSSR count). The molecule has 16 heavy (non-hydrogen) atoms. The zero-order chi connectivity index (χ0) is 11.5. The van der Waals surface area contributed by atoms with E-state index in [-0.39, 0.29) is 6.04 Å². The maximum atomic E-state index is 5.71. The molecule has 0 amide bonds. The summed E-state index contributed by atoms with van der Waals surface area (Å²) in [6.45, 7) is 4.38. The summed E-state index contributed by atoms with van der Waals surface area (Å²) in [7, 11) is 5.71. The van der Waals surface area contributed by atoms with Crippen molar-refractivity contribution < 1.29 is 0 Å². The third-order valence-electron chi connectivity index (χ3n) is 2.68. The van der Waals surface area contributed by atoms with E-state index in [2.05, 4.69) is 43.2 Å². The van der Waals surface area contributed by atoms with Crippen molar-refractivity contribution in [2.24, 2.45) is 5.92 Å². The van der Waals surface area contributed by atoms with E-state index >= 15 is 0 Å². The fraction of sp³-hybridized carbons (Fsp3) is 0.308. The van der Waals surface area contributed by atoms with Gasteiger partial charge in [-0.3, -0.25) is 4.68 Å². The minimum atomic E-state index is 0.249. The highest BCUT2D eigenvalue weighted by molar-refractivity contribution is 6.31. The molecule has 80 valence electrons. The van der Waals surface area contributed by atoms with Crippen molar-refractivity contribution in [3.63, 3.8) is 0 Å². The molecular weight excluding hydrogens is 195 g/mol. The highest BCUT2D eigenvalue weighted by Crippen LogP contribution is 2.24. The second-order valence-corrected chi connectivity index (χ2v) is 4.35. The molecule has 0 bridgehead atoms. The molecule has 1 aromatic carbocycles. The summed E-state index contributed by atoms with van der Waals surface area (Å²) in [6.07, 6.45) is 3.58. The maximum absolute atomic E-state index is 5.71. The molecular formula is C13H15BN2. The van der Waals surface area contributed by atoms with Gasteiger partial charge in [-0.25, -0.2) is 0 Å². The number of hydrogen-bond donors (Lipinski definition) is 0. The van der Waals surface area contributed by atoms with Crippen molar-refractivity contribution in [1.82, 2.24) is 9.78 Å². The summed E-state index contributed by atoms with van der Waals surface area (Å²) in [6, 6.07) is 10.6. The smallest absolute Gasteiger partial charge is 0.118 e. The first-order chi connectivity index (χ1) is 7.68. The Kier molecular flexibility index (Phi) is 3.13. The average Bonchev–Trinajstić information content (AvgIpc) is 2.66. The van der Waals surface area contributed by atoms with Crippen molar-refractivity contribution in [3.8, 4) is 0 Å². The Balaban J connectivity index is 2.39. The Morgan fingerprint density at radius 2 is 1.88 bits per heavy atom. The molecule has 0 aliphatic rings. The van der Waals surface area contributed by atoms with E-state index in [1.165, 1.54) is 5.56 Å². The van der Waals surface area contributed by atoms with E-state index in [4.69, 9.17) is 7.85 Å². The van der Waals surface area contributed by atoms with E-state index < -0.39 is 0 Å². The van der Waals surface area contributed by atoms with Crippen LogP contribution in [0.25, 0.3) is 0 Å². The van der Waals surface area contributed by atoms with Crippen LogP contribution in [-0.2, 0) is 0 Å². The molecule has 0 N–H and O–H groups in total. The number of benzene rings is 1. The highest BCUT2D eigenvalue weighted by atomic mass is 15.3. The molecule has 0 spiro atoms. The van der Waals surface area contributed by atoms with Gasteiger partial charge in [-0.15, -0.1) is 0 Å². The summed E-state index contributed by atoms with van der Waals surface area (Å²) in [5.74, 6) is 0.474. The molecule has 1 aromatic heterocycles. The van der Waals surface area contributed by atoms with Crippen molar-refractivity contribution >= 4 is 13.3 Å². The largest absolute Gasteiger partial charge is 0.266 e. The van der Waals surface area contributed by atoms with Gasteiger partial charge < -0.3 is 0 Å². The van der Waals surface area contributed by atoms with Gasteiger partial charge in [-0.05, 0) is 11.5 Å². The van der Waals surface area contributed by atoms with Gasteiger partial charge in [0, 0.05) is 12.4 Å². The molecule has 0 saturated heterocycles. The number of hydrogen-bond acceptors (Lipinski definition) is 1. The van der Waals surface area contributed by atoms with Crippen LogP contribution < -0.4 is 5.46 Å². The third kappa shape index (κ3) is 2.18. The van der Waals surface area contributed by atoms with Gasteiger partial charge in [0.2, 0.25) is 0 Å². The van der Waals surface area contributed by atoms with E-state index in [0.717, 1.165) is 0 Å². The lowest BCUT2D eigenvalue weighted by atomic mass is 9.96. The molecule has 0 aliphatic carbocycles. The molecule has 0 saturated carbocycles. The average molecular weight is 210 g/mol. The quantitative estimate of drug-likeness (QED) is 0.707. The zero-order valence-electron chi connectivity index (χ0n) is 9.67. The zero-order valence-corrected chi connectivity index (χ0v) is 9.67. The van der Waals surface area contributed by atoms with Gasteiger partial charge in [0.15, 0.2) is 0 Å². The summed E-state index contributed by atoms with van der Waals surface area (Å²) < 4.78 is 1.94. The lowest BCUT2D eigenvalue weighted by Crippen LogP contribution is -2.17. The Morgan fingerprint density at radius 1 is 1.19 bits per heavy atom. The molecule has 2 aromatic rings. The van der Waals surface area contributed by atoms with Crippen LogP contribution in [0.4, 0.5) is 0 Å². The summed E-state index contributed by atoms with van der Waals surface area (Å²) in [5, 5.41) is 4.31. The van der Waals surface area contributed by atoms with Gasteiger partial charge in [0.25, 0.3) is 0 Å². The SMILES string of the molecule is [B]c1cnn(C(c2ccccc2)C(C)C)c1. The molecule has 1 heterocycles. The summed E-state index contributed by atoms with van der Waals surface area (Å²) in [5.41, 5.74) is 1.97. The van der Waals surface area contributed by atoms with E-state index in [0.29, 0.717) is 11.4 Å². The number of nitrogens with zero attached hydrogens (tertiary/aromatic N) is 2. The molecule has 3 heteroatoms. The first kappa shape index (κ1) is 11.0. The number of rotatable bonds is 3. The van der Waals surface area contributed by atoms with Gasteiger partial charge >= 0.3 is 0 Å². The van der Waals surface area contributed by atoms with Crippen LogP contribution in [0.2, 0.25) is 0 Å². The predicted octanol–water partition coefficient (Wildman–Crippen LogP) is 1.92. The summed E-state index contributed by atoms with van der Waals surface area (Å²) >= 11 is 0. The van der Waals surface area contributed by atoms with Crippen LogP contribution in [0.5, 0.6) is 0 Å². The second kappa shape index (κ2) is 4.56. The first-order valence-corrected chi connectivity index (χ1v) is 5.53. The Bertz CT molecular complexity index is 448. The van der Waals surface area contributed by atoms with Gasteiger partial charge in [0.1, 0.15) is 7.85 Å². The van der Waals surface area contributed by atoms with Crippen molar-refractivity contribution in [1.29, 1.82) is 0 Å². The lowest BCUT2D eigenvalue weighted by molar-refractivity contribution is 0.403. The Labute approximate surface area is 97.7 Å². The molecule has 0 fully saturated rings. The van der Waals surface area contributed by atoms with Crippen molar-refractivity contribution in [2.75, 3.05) is 0 Å². The fourth-order valence-corrected chi connectivity index (χ4v) is 2.00. The van der Waals surface area contributed by atoms with Gasteiger partial charge in [-0.1, -0.05) is 49.6 Å². The molecule has 2 radical (unpaired) electrons. The monoisotopic (exact) mass is 210 g/mol. The fourth-order valence-electron chi connectivity index (χ4n) is 2.00. The van der Waals surface area contributed by atoms with E-state index in [1.807, 2.05) is 16.9 Å². The van der Waals surface area contributed by atoms with Crippen LogP contribution in [-0.4, -0.2) is 17.6 Å². The standard InChI is InChI=1S/C13H15BN2/c1-10(2)13(11-6-4-3-5-7-11)16-9-12(14)8-15-16/h3-10,13H,1-2H3. The second-order valence-electron chi connectivity index (χ2n) is 4.35. The minimum absolute atomic E-state index is 0.249. The minimum Gasteiger partial charge on any atom is -0.266 e. The number of aromatic nitrogens is 2. The third-order valence-corrected chi connectivity index (χ3v) is 2.68. The molecule has 0 aliphatic heterocycles. The van der Waals surface area contributed by atoms with Crippen LogP contribution >= 0.6 is 0 Å². The normalized spacial score (nSPS) is 12.9. The lowest BCUT2D eigenvalue weighted by Gasteiger charge is -2.21. The van der Waals surface area contributed by atoms with Crippen LogP contribution in [0, 0.1) is 5.92 Å². The van der Waals surface area contributed by atoms with Crippen molar-refractivity contribution in [3.05, 3.63) is 48.3 Å². The first-order valence-electron chi connectivity index (χ1n) is 5.53. The van der Waals surface area contributed by atoms with E-state index in [9.17, 15) is 0 Å².